The summed E-state index contributed by atoms with van der Waals surface area (Å²) in [5.74, 6) is -1.37. The van der Waals surface area contributed by atoms with Crippen LogP contribution >= 0.6 is 0 Å². The minimum absolute atomic E-state index is 0.137. The molecule has 0 aromatic carbocycles. The topological polar surface area (TPSA) is 77.8 Å². The summed E-state index contributed by atoms with van der Waals surface area (Å²) in [4.78, 5) is 10.4. The van der Waals surface area contributed by atoms with E-state index >= 15 is 0 Å². The molecular weight excluding hydrogens is 323 g/mol. The van der Waals surface area contributed by atoms with Gasteiger partial charge < -0.3 is 15.3 Å². The summed E-state index contributed by atoms with van der Waals surface area (Å²) in [5, 5.41) is 28.6. The summed E-state index contributed by atoms with van der Waals surface area (Å²) < 4.78 is 14.2. The molecule has 0 saturated heterocycles. The van der Waals surface area contributed by atoms with Gasteiger partial charge in [-0.05, 0) is 31.6 Å². The maximum atomic E-state index is 14.2. The normalized spacial score (nSPS) is 28.2. The molecule has 3 N–H and O–H groups in total. The Bertz CT molecular complexity index is 435. The van der Waals surface area contributed by atoms with Gasteiger partial charge in [-0.3, -0.25) is 4.79 Å². The van der Waals surface area contributed by atoms with E-state index in [1.807, 2.05) is 12.2 Å². The molecule has 0 spiro atoms. The second-order valence-corrected chi connectivity index (χ2v) is 7.00. The lowest BCUT2D eigenvalue weighted by molar-refractivity contribution is -0.137. The van der Waals surface area contributed by atoms with Crippen molar-refractivity contribution in [2.75, 3.05) is 0 Å². The Kier molecular flexibility index (Phi) is 10.7. The molecule has 5 heteroatoms. The van der Waals surface area contributed by atoms with E-state index in [1.54, 1.807) is 12.2 Å². The number of allylic oxidation sites excluding steroid dienone is 3. The highest BCUT2D eigenvalue weighted by Crippen LogP contribution is 2.38. The van der Waals surface area contributed by atoms with Crippen molar-refractivity contribution < 1.29 is 24.5 Å². The second kappa shape index (κ2) is 12.2. The maximum Gasteiger partial charge on any atom is 0.303 e. The van der Waals surface area contributed by atoms with Gasteiger partial charge in [0, 0.05) is 18.8 Å². The molecular formula is C20H33FO4. The van der Waals surface area contributed by atoms with Gasteiger partial charge in [-0.1, -0.05) is 50.5 Å². The zero-order chi connectivity index (χ0) is 18.7. The van der Waals surface area contributed by atoms with Crippen LogP contribution in [0.15, 0.2) is 24.3 Å². The molecule has 0 amide bonds. The van der Waals surface area contributed by atoms with E-state index in [0.717, 1.165) is 19.3 Å². The zero-order valence-corrected chi connectivity index (χ0v) is 15.2. The Morgan fingerprint density at radius 3 is 2.72 bits per heavy atom. The molecule has 0 aromatic heterocycles. The van der Waals surface area contributed by atoms with E-state index in [1.165, 1.54) is 0 Å². The van der Waals surface area contributed by atoms with Gasteiger partial charge >= 0.3 is 5.97 Å². The fourth-order valence-corrected chi connectivity index (χ4v) is 3.36. The van der Waals surface area contributed by atoms with Gasteiger partial charge in [0.2, 0.25) is 0 Å². The quantitative estimate of drug-likeness (QED) is 0.364. The summed E-state index contributed by atoms with van der Waals surface area (Å²) in [6.45, 7) is 2.11. The number of aliphatic hydroxyl groups is 2. The molecule has 0 heterocycles. The van der Waals surface area contributed by atoms with Crippen molar-refractivity contribution in [3.63, 3.8) is 0 Å². The third-order valence-electron chi connectivity index (χ3n) is 4.87. The highest BCUT2D eigenvalue weighted by molar-refractivity contribution is 5.66. The van der Waals surface area contributed by atoms with Crippen molar-refractivity contribution in [1.29, 1.82) is 0 Å². The van der Waals surface area contributed by atoms with Crippen LogP contribution < -0.4 is 0 Å². The Hall–Kier alpha value is -1.20. The first-order valence-corrected chi connectivity index (χ1v) is 9.51. The lowest BCUT2D eigenvalue weighted by Gasteiger charge is -2.19. The third kappa shape index (κ3) is 8.63. The maximum absolute atomic E-state index is 14.2. The van der Waals surface area contributed by atoms with Crippen molar-refractivity contribution in [2.45, 2.75) is 83.1 Å². The second-order valence-electron chi connectivity index (χ2n) is 7.00. The summed E-state index contributed by atoms with van der Waals surface area (Å²) in [7, 11) is 0. The highest BCUT2D eigenvalue weighted by Gasteiger charge is 2.40. The number of carbonyl (C=O) groups is 1. The van der Waals surface area contributed by atoms with Gasteiger partial charge in [0.25, 0.3) is 0 Å². The van der Waals surface area contributed by atoms with E-state index in [9.17, 15) is 19.4 Å². The predicted octanol–water partition coefficient (Wildman–Crippen LogP) is 4.02. The number of rotatable bonds is 12. The largest absolute Gasteiger partial charge is 0.481 e. The molecule has 1 fully saturated rings. The van der Waals surface area contributed by atoms with Gasteiger partial charge in [-0.15, -0.1) is 0 Å². The first-order chi connectivity index (χ1) is 12.0. The molecule has 1 rings (SSSR count). The summed E-state index contributed by atoms with van der Waals surface area (Å²) in [6, 6.07) is 0. The monoisotopic (exact) mass is 356 g/mol. The lowest BCUT2D eigenvalue weighted by Crippen LogP contribution is -2.19. The molecule has 25 heavy (non-hydrogen) atoms. The molecule has 1 aliphatic carbocycles. The number of halogens is 1. The Morgan fingerprint density at radius 1 is 1.28 bits per heavy atom. The van der Waals surface area contributed by atoms with Gasteiger partial charge in [0.05, 0.1) is 12.2 Å². The number of hydrogen-bond donors (Lipinski definition) is 3. The average Bonchev–Trinajstić information content (AvgIpc) is 2.82. The number of carboxylic acids is 1. The highest BCUT2D eigenvalue weighted by atomic mass is 19.1. The van der Waals surface area contributed by atoms with Crippen LogP contribution in [0.1, 0.15) is 64.7 Å². The molecule has 4 nitrogen and oxygen atoms in total. The summed E-state index contributed by atoms with van der Waals surface area (Å²) in [6.07, 6.45) is 10.8. The molecule has 1 saturated carbocycles. The molecule has 0 radical (unpaired) electrons. The zero-order valence-electron chi connectivity index (χ0n) is 15.2. The number of alkyl halides is 1. The Balaban J connectivity index is 2.46. The van der Waals surface area contributed by atoms with E-state index in [0.29, 0.717) is 25.7 Å². The van der Waals surface area contributed by atoms with E-state index in [2.05, 4.69) is 6.92 Å². The van der Waals surface area contributed by atoms with Crippen LogP contribution in [0.3, 0.4) is 0 Å². The Morgan fingerprint density at radius 2 is 2.04 bits per heavy atom. The number of carboxylic acid groups (broad SMARTS) is 1. The van der Waals surface area contributed by atoms with Crippen LogP contribution in [0, 0.1) is 11.8 Å². The van der Waals surface area contributed by atoms with Crippen molar-refractivity contribution >= 4 is 5.97 Å². The third-order valence-corrected chi connectivity index (χ3v) is 4.87. The van der Waals surface area contributed by atoms with Gasteiger partial charge in [0.1, 0.15) is 6.17 Å². The van der Waals surface area contributed by atoms with E-state index in [-0.39, 0.29) is 24.7 Å². The molecule has 0 aromatic rings. The fourth-order valence-electron chi connectivity index (χ4n) is 3.36. The van der Waals surface area contributed by atoms with Crippen LogP contribution in [-0.4, -0.2) is 39.7 Å². The van der Waals surface area contributed by atoms with Gasteiger partial charge in [-0.25, -0.2) is 4.39 Å². The van der Waals surface area contributed by atoms with E-state index < -0.39 is 24.3 Å². The number of aliphatic hydroxyl groups excluding tert-OH is 2. The van der Waals surface area contributed by atoms with Crippen molar-refractivity contribution in [3.8, 4) is 0 Å². The molecule has 5 atom stereocenters. The predicted molar refractivity (Wildman–Crippen MR) is 97.0 cm³/mol. The van der Waals surface area contributed by atoms with Crippen molar-refractivity contribution in [1.82, 2.24) is 0 Å². The van der Waals surface area contributed by atoms with Crippen LogP contribution in [-0.2, 0) is 4.79 Å². The smallest absolute Gasteiger partial charge is 0.303 e. The molecule has 0 aliphatic heterocycles. The van der Waals surface area contributed by atoms with Gasteiger partial charge in [-0.2, -0.15) is 0 Å². The molecule has 144 valence electrons. The number of unbranched alkanes of at least 4 members (excludes halogenated alkanes) is 3. The Labute approximate surface area is 150 Å². The summed E-state index contributed by atoms with van der Waals surface area (Å²) in [5.41, 5.74) is 0. The first-order valence-electron chi connectivity index (χ1n) is 9.51. The van der Waals surface area contributed by atoms with E-state index in [4.69, 9.17) is 5.11 Å². The lowest BCUT2D eigenvalue weighted by atomic mass is 9.90. The molecule has 0 bridgehead atoms. The van der Waals surface area contributed by atoms with Gasteiger partial charge in [0.15, 0.2) is 0 Å². The fraction of sp³-hybridized carbons (Fsp3) is 0.750. The van der Waals surface area contributed by atoms with Crippen LogP contribution in [0.5, 0.6) is 0 Å². The minimum Gasteiger partial charge on any atom is -0.481 e. The first kappa shape index (κ1) is 21.8. The van der Waals surface area contributed by atoms with Crippen LogP contribution in [0.25, 0.3) is 0 Å². The van der Waals surface area contributed by atoms with Crippen LogP contribution in [0.4, 0.5) is 4.39 Å². The molecule has 0 unspecified atom stereocenters. The number of hydrogen-bond acceptors (Lipinski definition) is 3. The average molecular weight is 356 g/mol. The molecule has 1 aliphatic rings. The van der Waals surface area contributed by atoms with Crippen molar-refractivity contribution in [2.24, 2.45) is 11.8 Å². The summed E-state index contributed by atoms with van der Waals surface area (Å²) >= 11 is 0. The SMILES string of the molecule is CCCCC[C@H](O)/C=C/[C@@H]1[C@@H](C/C=C\CCCC(=O)O)[C@@H](O)C[C@@H]1F. The standard InChI is InChI=1S/C20H33FO4/c1-2-3-6-9-15(22)12-13-16-17(19(23)14-18(16)21)10-7-4-5-8-11-20(24)25/h4,7,12-13,15-19,22-23H,2-3,5-6,8-11,14H2,1H3,(H,24,25)/b7-4-,13-12+/t15-,16+,17+,18-,19-/m0/s1. The minimum atomic E-state index is -1.08. The van der Waals surface area contributed by atoms with Crippen molar-refractivity contribution in [3.05, 3.63) is 24.3 Å². The van der Waals surface area contributed by atoms with Crippen LogP contribution in [0.2, 0.25) is 0 Å². The number of aliphatic carboxylic acids is 1.